The van der Waals surface area contributed by atoms with E-state index >= 15 is 0 Å². The molecule has 0 saturated heterocycles. The zero-order chi connectivity index (χ0) is 9.97. The third-order valence-electron chi connectivity index (χ3n) is 4.03. The Bertz CT molecular complexity index is 183. The molecule has 2 aliphatic carbocycles. The molecule has 2 heteroatoms. The number of fused-ring (bicyclic) bond motifs is 2. The van der Waals surface area contributed by atoms with E-state index in [1.165, 1.54) is 43.6 Å². The van der Waals surface area contributed by atoms with Crippen molar-refractivity contribution in [3.05, 3.63) is 0 Å². The fraction of sp³-hybridized carbons (Fsp3) is 1.00. The zero-order valence-electron chi connectivity index (χ0n) is 9.24. The van der Waals surface area contributed by atoms with Gasteiger partial charge in [0.2, 0.25) is 0 Å². The smallest absolute Gasteiger partial charge is 0.0133 e. The molecular formula is C12H23NS. The van der Waals surface area contributed by atoms with Gasteiger partial charge in [-0.25, -0.2) is 0 Å². The van der Waals surface area contributed by atoms with Crippen molar-refractivity contribution in [2.45, 2.75) is 45.1 Å². The maximum absolute atomic E-state index is 6.15. The van der Waals surface area contributed by atoms with Crippen LogP contribution in [-0.2, 0) is 0 Å². The number of rotatable bonds is 5. The predicted molar refractivity (Wildman–Crippen MR) is 64.5 cm³/mol. The maximum Gasteiger partial charge on any atom is 0.0133 e. The quantitative estimate of drug-likeness (QED) is 0.760. The summed E-state index contributed by atoms with van der Waals surface area (Å²) in [4.78, 5) is 0. The summed E-state index contributed by atoms with van der Waals surface area (Å²) in [7, 11) is 0. The first-order valence-electron chi connectivity index (χ1n) is 6.13. The topological polar surface area (TPSA) is 26.0 Å². The van der Waals surface area contributed by atoms with E-state index < -0.39 is 0 Å². The summed E-state index contributed by atoms with van der Waals surface area (Å²) in [6, 6.07) is 0.462. The van der Waals surface area contributed by atoms with Crippen LogP contribution in [0.15, 0.2) is 0 Å². The highest BCUT2D eigenvalue weighted by Crippen LogP contribution is 2.49. The number of hydrogen-bond donors (Lipinski definition) is 1. The van der Waals surface area contributed by atoms with Crippen LogP contribution < -0.4 is 5.73 Å². The Balaban J connectivity index is 1.70. The minimum Gasteiger partial charge on any atom is -0.327 e. The molecule has 0 aromatic carbocycles. The SMILES string of the molecule is CCSCC(N)CC1CC2CCC1C2. The van der Waals surface area contributed by atoms with Crippen molar-refractivity contribution in [2.24, 2.45) is 23.5 Å². The molecule has 0 amide bonds. The van der Waals surface area contributed by atoms with E-state index in [4.69, 9.17) is 5.73 Å². The van der Waals surface area contributed by atoms with Crippen LogP contribution in [0.25, 0.3) is 0 Å². The average Bonchev–Trinajstić information content (AvgIpc) is 2.76. The Hall–Kier alpha value is 0.310. The minimum atomic E-state index is 0.462. The van der Waals surface area contributed by atoms with Gasteiger partial charge in [-0.2, -0.15) is 11.8 Å². The van der Waals surface area contributed by atoms with Crippen molar-refractivity contribution in [3.63, 3.8) is 0 Å². The molecule has 2 aliphatic rings. The van der Waals surface area contributed by atoms with Gasteiger partial charge in [0.05, 0.1) is 0 Å². The molecule has 0 heterocycles. The molecule has 0 aromatic rings. The second-order valence-electron chi connectivity index (χ2n) is 5.09. The van der Waals surface area contributed by atoms with Crippen molar-refractivity contribution in [1.82, 2.24) is 0 Å². The van der Waals surface area contributed by atoms with Gasteiger partial charge in [-0.15, -0.1) is 0 Å². The monoisotopic (exact) mass is 213 g/mol. The molecule has 2 bridgehead atoms. The van der Waals surface area contributed by atoms with Gasteiger partial charge in [-0.1, -0.05) is 13.3 Å². The van der Waals surface area contributed by atoms with Gasteiger partial charge in [0.15, 0.2) is 0 Å². The fourth-order valence-corrected chi connectivity index (χ4v) is 4.07. The molecule has 0 aromatic heterocycles. The Labute approximate surface area is 92.2 Å². The van der Waals surface area contributed by atoms with E-state index in [2.05, 4.69) is 6.92 Å². The molecule has 0 aliphatic heterocycles. The van der Waals surface area contributed by atoms with Crippen LogP contribution in [-0.4, -0.2) is 17.5 Å². The fourth-order valence-electron chi connectivity index (χ4n) is 3.39. The summed E-state index contributed by atoms with van der Waals surface area (Å²) in [5.74, 6) is 5.50. The van der Waals surface area contributed by atoms with Crippen LogP contribution >= 0.6 is 11.8 Å². The van der Waals surface area contributed by atoms with Gasteiger partial charge in [0, 0.05) is 11.8 Å². The molecule has 82 valence electrons. The standard InChI is InChI=1S/C12H23NS/c1-2-14-8-12(13)7-11-6-9-3-4-10(11)5-9/h9-12H,2-8,13H2,1H3. The van der Waals surface area contributed by atoms with Crippen LogP contribution in [0, 0.1) is 17.8 Å². The van der Waals surface area contributed by atoms with Crippen LogP contribution in [0.1, 0.15) is 39.0 Å². The highest BCUT2D eigenvalue weighted by atomic mass is 32.2. The van der Waals surface area contributed by atoms with Crippen molar-refractivity contribution in [1.29, 1.82) is 0 Å². The Morgan fingerprint density at radius 1 is 1.36 bits per heavy atom. The largest absolute Gasteiger partial charge is 0.327 e. The lowest BCUT2D eigenvalue weighted by Gasteiger charge is -2.24. The normalized spacial score (nSPS) is 37.7. The van der Waals surface area contributed by atoms with Crippen molar-refractivity contribution >= 4 is 11.8 Å². The molecule has 0 spiro atoms. The number of nitrogens with two attached hydrogens (primary N) is 1. The van der Waals surface area contributed by atoms with Crippen molar-refractivity contribution < 1.29 is 0 Å². The zero-order valence-corrected chi connectivity index (χ0v) is 10.1. The molecule has 2 saturated carbocycles. The lowest BCUT2D eigenvalue weighted by Crippen LogP contribution is -2.28. The number of hydrogen-bond acceptors (Lipinski definition) is 2. The van der Waals surface area contributed by atoms with Gasteiger partial charge in [-0.3, -0.25) is 0 Å². The molecular weight excluding hydrogens is 190 g/mol. The molecule has 0 radical (unpaired) electrons. The lowest BCUT2D eigenvalue weighted by atomic mass is 9.85. The molecule has 2 N–H and O–H groups in total. The Morgan fingerprint density at radius 2 is 2.21 bits per heavy atom. The van der Waals surface area contributed by atoms with E-state index in [-0.39, 0.29) is 0 Å². The number of thioether (sulfide) groups is 1. The summed E-state index contributed by atoms with van der Waals surface area (Å²) in [5.41, 5.74) is 6.15. The van der Waals surface area contributed by atoms with Crippen molar-refractivity contribution in [2.75, 3.05) is 11.5 Å². The van der Waals surface area contributed by atoms with E-state index in [9.17, 15) is 0 Å². The van der Waals surface area contributed by atoms with E-state index in [0.29, 0.717) is 6.04 Å². The van der Waals surface area contributed by atoms with Gasteiger partial charge in [0.1, 0.15) is 0 Å². The maximum atomic E-state index is 6.15. The van der Waals surface area contributed by atoms with Crippen molar-refractivity contribution in [3.8, 4) is 0 Å². The molecule has 2 rings (SSSR count). The van der Waals surface area contributed by atoms with Crippen LogP contribution in [0.3, 0.4) is 0 Å². The first-order chi connectivity index (χ1) is 6.79. The highest BCUT2D eigenvalue weighted by Gasteiger charge is 2.39. The first kappa shape index (κ1) is 10.8. The minimum absolute atomic E-state index is 0.462. The summed E-state index contributed by atoms with van der Waals surface area (Å²) < 4.78 is 0. The molecule has 4 unspecified atom stereocenters. The second kappa shape index (κ2) is 4.89. The highest BCUT2D eigenvalue weighted by molar-refractivity contribution is 7.99. The Morgan fingerprint density at radius 3 is 2.79 bits per heavy atom. The lowest BCUT2D eigenvalue weighted by molar-refractivity contribution is 0.301. The summed E-state index contributed by atoms with van der Waals surface area (Å²) >= 11 is 1.99. The third kappa shape index (κ3) is 2.46. The van der Waals surface area contributed by atoms with Crippen LogP contribution in [0.5, 0.6) is 0 Å². The van der Waals surface area contributed by atoms with Crippen LogP contribution in [0.2, 0.25) is 0 Å². The molecule has 1 nitrogen and oxygen atoms in total. The molecule has 2 fully saturated rings. The van der Waals surface area contributed by atoms with E-state index in [0.717, 1.165) is 17.8 Å². The van der Waals surface area contributed by atoms with Gasteiger partial charge in [-0.05, 0) is 49.2 Å². The summed E-state index contributed by atoms with van der Waals surface area (Å²) in [5, 5.41) is 0. The summed E-state index contributed by atoms with van der Waals surface area (Å²) in [6.07, 6.45) is 7.34. The van der Waals surface area contributed by atoms with Gasteiger partial charge >= 0.3 is 0 Å². The molecule has 14 heavy (non-hydrogen) atoms. The van der Waals surface area contributed by atoms with E-state index in [1.807, 2.05) is 11.8 Å². The molecule has 4 atom stereocenters. The predicted octanol–water partition coefficient (Wildman–Crippen LogP) is 2.89. The average molecular weight is 213 g/mol. The Kier molecular flexibility index (Phi) is 3.78. The van der Waals surface area contributed by atoms with E-state index in [1.54, 1.807) is 0 Å². The van der Waals surface area contributed by atoms with Crippen LogP contribution in [0.4, 0.5) is 0 Å². The second-order valence-corrected chi connectivity index (χ2v) is 6.41. The first-order valence-corrected chi connectivity index (χ1v) is 7.28. The third-order valence-corrected chi connectivity index (χ3v) is 5.10. The van der Waals surface area contributed by atoms with Gasteiger partial charge < -0.3 is 5.73 Å². The summed E-state index contributed by atoms with van der Waals surface area (Å²) in [6.45, 7) is 2.22. The van der Waals surface area contributed by atoms with Gasteiger partial charge in [0.25, 0.3) is 0 Å².